The lowest BCUT2D eigenvalue weighted by Gasteiger charge is -2.14. The highest BCUT2D eigenvalue weighted by molar-refractivity contribution is 7.16. The fourth-order valence-electron chi connectivity index (χ4n) is 2.00. The minimum absolute atomic E-state index is 0.269. The van der Waals surface area contributed by atoms with Crippen LogP contribution in [-0.4, -0.2) is 22.4 Å². The molecular formula is C19H28ClN3O3S. The molecule has 1 unspecified atom stereocenters. The summed E-state index contributed by atoms with van der Waals surface area (Å²) in [5.74, 6) is -0.131. The van der Waals surface area contributed by atoms with E-state index in [4.69, 9.17) is 16.7 Å². The van der Waals surface area contributed by atoms with Gasteiger partial charge < -0.3 is 5.11 Å². The van der Waals surface area contributed by atoms with E-state index in [2.05, 4.69) is 20.0 Å². The number of aromatic amines is 1. The van der Waals surface area contributed by atoms with Gasteiger partial charge in [0.25, 0.3) is 0 Å². The summed E-state index contributed by atoms with van der Waals surface area (Å²) in [6.07, 6.45) is 0. The lowest BCUT2D eigenvalue weighted by molar-refractivity contribution is 0.376. The maximum atomic E-state index is 11.2. The van der Waals surface area contributed by atoms with Crippen molar-refractivity contribution >= 4 is 22.9 Å². The Labute approximate surface area is 169 Å². The average molecular weight is 414 g/mol. The Morgan fingerprint density at radius 1 is 1.15 bits per heavy atom. The van der Waals surface area contributed by atoms with E-state index in [0.717, 1.165) is 17.6 Å². The summed E-state index contributed by atoms with van der Waals surface area (Å²) in [6.45, 7) is 8.63. The second kappa shape index (κ2) is 15.2. The third-order valence-electron chi connectivity index (χ3n) is 2.96. The van der Waals surface area contributed by atoms with Gasteiger partial charge in [-0.25, -0.2) is 4.79 Å². The molecule has 0 saturated heterocycles. The predicted molar refractivity (Wildman–Crippen MR) is 112 cm³/mol. The Balaban J connectivity index is 0.00000103. The minimum atomic E-state index is -0.570. The van der Waals surface area contributed by atoms with Crippen LogP contribution < -0.4 is 11.1 Å². The third kappa shape index (κ3) is 8.53. The maximum Gasteiger partial charge on any atom is 0.438 e. The molecular weight excluding hydrogens is 386 g/mol. The first-order valence-electron chi connectivity index (χ1n) is 8.75. The van der Waals surface area contributed by atoms with Gasteiger partial charge in [0.15, 0.2) is 5.82 Å². The molecule has 6 nitrogen and oxygen atoms in total. The predicted octanol–water partition coefficient (Wildman–Crippen LogP) is 4.62. The Kier molecular flexibility index (Phi) is 14.1. The van der Waals surface area contributed by atoms with Gasteiger partial charge in [0.05, 0.1) is 4.34 Å². The second-order valence-electron chi connectivity index (χ2n) is 4.42. The van der Waals surface area contributed by atoms with E-state index in [1.165, 1.54) is 11.3 Å². The molecule has 1 aromatic carbocycles. The van der Waals surface area contributed by atoms with Gasteiger partial charge in [0.1, 0.15) is 6.04 Å². The van der Waals surface area contributed by atoms with Crippen molar-refractivity contribution in [2.24, 2.45) is 0 Å². The standard InChI is InChI=1S/C14H12ClN3O2S.2C2H6.CH4O/c15-11-7-6-10(21-11)12(13-17-14(19)20-18-13)16-8-9-4-2-1-3-5-9;3*1-2/h1-7,12,16H,8H2,(H,17,18,19);2*1-2H3;2H,1H3. The van der Waals surface area contributed by atoms with Crippen molar-refractivity contribution in [2.75, 3.05) is 7.11 Å². The van der Waals surface area contributed by atoms with Crippen LogP contribution in [0.15, 0.2) is 51.8 Å². The fourth-order valence-corrected chi connectivity index (χ4v) is 3.14. The maximum absolute atomic E-state index is 11.2. The first-order chi connectivity index (χ1) is 13.2. The van der Waals surface area contributed by atoms with Crippen LogP contribution in [0.1, 0.15) is 50.0 Å². The van der Waals surface area contributed by atoms with Gasteiger partial charge in [0, 0.05) is 18.5 Å². The Morgan fingerprint density at radius 2 is 1.78 bits per heavy atom. The largest absolute Gasteiger partial charge is 0.438 e. The number of hydrogen-bond acceptors (Lipinski definition) is 6. The lowest BCUT2D eigenvalue weighted by atomic mass is 10.2. The Bertz CT molecular complexity index is 772. The van der Waals surface area contributed by atoms with E-state index < -0.39 is 5.76 Å². The summed E-state index contributed by atoms with van der Waals surface area (Å²) in [4.78, 5) is 14.7. The van der Waals surface area contributed by atoms with Crippen LogP contribution in [0.5, 0.6) is 0 Å². The Hall–Kier alpha value is -1.93. The number of aliphatic hydroxyl groups is 1. The molecule has 0 amide bonds. The summed E-state index contributed by atoms with van der Waals surface area (Å²) >= 11 is 7.42. The molecule has 0 spiro atoms. The van der Waals surface area contributed by atoms with E-state index in [1.807, 2.05) is 70.2 Å². The monoisotopic (exact) mass is 413 g/mol. The van der Waals surface area contributed by atoms with Crippen molar-refractivity contribution < 1.29 is 9.63 Å². The molecule has 1 atom stereocenters. The normalized spacial score (nSPS) is 10.3. The molecule has 2 heterocycles. The molecule has 3 rings (SSSR count). The number of nitrogens with zero attached hydrogens (tertiary/aromatic N) is 1. The topological polar surface area (TPSA) is 91.1 Å². The number of halogens is 1. The first-order valence-corrected chi connectivity index (χ1v) is 9.95. The molecule has 0 saturated carbocycles. The summed E-state index contributed by atoms with van der Waals surface area (Å²) < 4.78 is 5.28. The van der Waals surface area contributed by atoms with E-state index in [1.54, 1.807) is 0 Å². The van der Waals surface area contributed by atoms with Gasteiger partial charge in [-0.1, -0.05) is 74.8 Å². The average Bonchev–Trinajstić information content (AvgIpc) is 3.36. The van der Waals surface area contributed by atoms with E-state index in [-0.39, 0.29) is 6.04 Å². The third-order valence-corrected chi connectivity index (χ3v) is 4.26. The second-order valence-corrected chi connectivity index (χ2v) is 6.17. The number of H-pyrrole nitrogens is 1. The molecule has 3 aromatic rings. The number of thiophene rings is 1. The highest BCUT2D eigenvalue weighted by Gasteiger charge is 2.20. The smallest absolute Gasteiger partial charge is 0.400 e. The van der Waals surface area contributed by atoms with Crippen LogP contribution in [0.2, 0.25) is 4.34 Å². The van der Waals surface area contributed by atoms with Crippen LogP contribution in [-0.2, 0) is 6.54 Å². The molecule has 27 heavy (non-hydrogen) atoms. The fraction of sp³-hybridized carbons (Fsp3) is 0.368. The van der Waals surface area contributed by atoms with Crippen LogP contribution in [0.25, 0.3) is 0 Å². The van der Waals surface area contributed by atoms with Crippen LogP contribution in [0, 0.1) is 0 Å². The zero-order valence-corrected chi connectivity index (χ0v) is 17.9. The molecule has 0 fully saturated rings. The van der Waals surface area contributed by atoms with Gasteiger partial charge in [-0.3, -0.25) is 14.8 Å². The molecule has 3 N–H and O–H groups in total. The quantitative estimate of drug-likeness (QED) is 0.567. The van der Waals surface area contributed by atoms with Crippen LogP contribution in [0.4, 0.5) is 0 Å². The molecule has 0 aliphatic heterocycles. The van der Waals surface area contributed by atoms with Gasteiger partial charge in [0.2, 0.25) is 0 Å². The molecule has 150 valence electrons. The first kappa shape index (κ1) is 25.1. The number of rotatable bonds is 5. The van der Waals surface area contributed by atoms with Gasteiger partial charge in [-0.15, -0.1) is 11.3 Å². The van der Waals surface area contributed by atoms with E-state index in [9.17, 15) is 4.79 Å². The summed E-state index contributed by atoms with van der Waals surface area (Å²) in [5, 5.41) is 14.1. The van der Waals surface area contributed by atoms with Crippen molar-refractivity contribution in [3.8, 4) is 0 Å². The molecule has 8 heteroatoms. The zero-order chi connectivity index (χ0) is 20.7. The summed E-state index contributed by atoms with van der Waals surface area (Å²) in [5.41, 5.74) is 1.14. The lowest BCUT2D eigenvalue weighted by Crippen LogP contribution is -2.22. The van der Waals surface area contributed by atoms with E-state index in [0.29, 0.717) is 16.7 Å². The van der Waals surface area contributed by atoms with Crippen LogP contribution >= 0.6 is 22.9 Å². The van der Waals surface area contributed by atoms with Gasteiger partial charge in [-0.05, 0) is 17.7 Å². The number of aromatic nitrogens is 2. The zero-order valence-electron chi connectivity index (χ0n) is 16.3. The highest BCUT2D eigenvalue weighted by Crippen LogP contribution is 2.29. The molecule has 0 radical (unpaired) electrons. The number of benzene rings is 1. The highest BCUT2D eigenvalue weighted by atomic mass is 35.5. The molecule has 0 bridgehead atoms. The van der Waals surface area contributed by atoms with Crippen LogP contribution in [0.3, 0.4) is 0 Å². The number of hydrogen-bond donors (Lipinski definition) is 3. The summed E-state index contributed by atoms with van der Waals surface area (Å²) in [7, 11) is 1.00. The Morgan fingerprint density at radius 3 is 2.26 bits per heavy atom. The molecule has 0 aliphatic rings. The summed E-state index contributed by atoms with van der Waals surface area (Å²) in [6, 6.07) is 13.4. The van der Waals surface area contributed by atoms with Crippen molar-refractivity contribution in [2.45, 2.75) is 40.3 Å². The SMILES string of the molecule is CC.CC.CO.O=c1[nH]c(C(NCc2ccccc2)c2ccc(Cl)s2)no1. The molecule has 2 aromatic heterocycles. The number of nitrogens with one attached hydrogen (secondary N) is 2. The number of aliphatic hydroxyl groups excluding tert-OH is 1. The van der Waals surface area contributed by atoms with Crippen molar-refractivity contribution in [3.05, 3.63) is 73.6 Å². The van der Waals surface area contributed by atoms with Crippen molar-refractivity contribution in [1.29, 1.82) is 0 Å². The minimum Gasteiger partial charge on any atom is -0.400 e. The van der Waals surface area contributed by atoms with Gasteiger partial charge in [-0.2, -0.15) is 0 Å². The van der Waals surface area contributed by atoms with Gasteiger partial charge >= 0.3 is 5.76 Å². The van der Waals surface area contributed by atoms with E-state index >= 15 is 0 Å². The van der Waals surface area contributed by atoms with Crippen molar-refractivity contribution in [3.63, 3.8) is 0 Å². The molecule has 0 aliphatic carbocycles. The van der Waals surface area contributed by atoms with Crippen molar-refractivity contribution in [1.82, 2.24) is 15.5 Å².